The zero-order valence-electron chi connectivity index (χ0n) is 40.5. The fourth-order valence-electron chi connectivity index (χ4n) is 9.34. The molecule has 0 saturated carbocycles. The number of pyridine rings is 1. The van der Waals surface area contributed by atoms with Gasteiger partial charge in [0.2, 0.25) is 0 Å². The van der Waals surface area contributed by atoms with Gasteiger partial charge in [-0.05, 0) is 105 Å². The molecule has 0 aliphatic carbocycles. The molecule has 2 aromatic heterocycles. The number of imidazole rings is 1. The Morgan fingerprint density at radius 1 is 0.478 bits per heavy atom. The number of para-hydroxylation sites is 1. The first-order valence-corrected chi connectivity index (χ1v) is 23.5. The fourth-order valence-corrected chi connectivity index (χ4v) is 9.34. The van der Waals surface area contributed by atoms with Gasteiger partial charge in [-0.1, -0.05) is 204 Å². The minimum Gasteiger partial charge on any atom is -0.507 e. The van der Waals surface area contributed by atoms with Crippen LogP contribution in [0.5, 0.6) is 5.75 Å². The van der Waals surface area contributed by atoms with Crippen molar-refractivity contribution in [3.05, 3.63) is 217 Å². The van der Waals surface area contributed by atoms with E-state index in [-0.39, 0.29) is 37.6 Å². The van der Waals surface area contributed by atoms with Gasteiger partial charge in [0.25, 0.3) is 0 Å². The Balaban J connectivity index is 0.00000593. The predicted molar refractivity (Wildman–Crippen MR) is 284 cm³/mol. The molecule has 1 N–H and O–H groups in total. The van der Waals surface area contributed by atoms with Gasteiger partial charge in [0.05, 0.1) is 22.3 Å². The van der Waals surface area contributed by atoms with E-state index >= 15 is 0 Å². The van der Waals surface area contributed by atoms with Crippen LogP contribution in [0.3, 0.4) is 0 Å². The molecule has 0 aliphatic rings. The van der Waals surface area contributed by atoms with E-state index in [0.717, 1.165) is 83.6 Å². The summed E-state index contributed by atoms with van der Waals surface area (Å²) in [6.07, 6.45) is 1.89. The van der Waals surface area contributed by atoms with E-state index in [2.05, 4.69) is 223 Å². The van der Waals surface area contributed by atoms with E-state index in [0.29, 0.717) is 11.4 Å². The Hall–Kier alpha value is -7.13. The molecule has 344 valence electrons. The number of aromatic nitrogens is 3. The van der Waals surface area contributed by atoms with Crippen LogP contribution in [0, 0.1) is 19.9 Å². The van der Waals surface area contributed by atoms with E-state index in [1.54, 1.807) is 0 Å². The van der Waals surface area contributed by atoms with Crippen molar-refractivity contribution in [3.63, 3.8) is 0 Å². The first-order chi connectivity index (χ1) is 32.7. The summed E-state index contributed by atoms with van der Waals surface area (Å²) in [5.41, 5.74) is 20.1. The predicted octanol–water partition coefficient (Wildman–Crippen LogP) is 16.8. The van der Waals surface area contributed by atoms with E-state index in [1.807, 2.05) is 31.3 Å². The third kappa shape index (κ3) is 9.39. The molecule has 8 aromatic carbocycles. The molecule has 0 spiro atoms. The van der Waals surface area contributed by atoms with Crippen molar-refractivity contribution in [2.75, 3.05) is 0 Å². The Labute approximate surface area is 421 Å². The Morgan fingerprint density at radius 3 is 1.71 bits per heavy atom. The average Bonchev–Trinajstić information content (AvgIpc) is 3.74. The molecule has 2 heterocycles. The fraction of sp³-hybridized carbons (Fsp3) is 0.156. The molecule has 0 atom stereocenters. The summed E-state index contributed by atoms with van der Waals surface area (Å²) in [5, 5.41) is 12.0. The van der Waals surface area contributed by atoms with Crippen LogP contribution in [-0.4, -0.2) is 19.6 Å². The Kier molecular flexibility index (Phi) is 12.8. The van der Waals surface area contributed by atoms with Crippen LogP contribution < -0.4 is 0 Å². The van der Waals surface area contributed by atoms with E-state index in [9.17, 15) is 5.11 Å². The topological polar surface area (TPSA) is 50.9 Å². The molecule has 0 aliphatic heterocycles. The van der Waals surface area contributed by atoms with Gasteiger partial charge in [-0.25, -0.2) is 4.98 Å². The summed E-state index contributed by atoms with van der Waals surface area (Å²) in [6.45, 7) is 17.5. The largest absolute Gasteiger partial charge is 0.507 e. The van der Waals surface area contributed by atoms with Crippen LogP contribution in [0.4, 0.5) is 0 Å². The molecular formula is C64H56N3OPt-. The summed E-state index contributed by atoms with van der Waals surface area (Å²) in [4.78, 5) is 10.6. The van der Waals surface area contributed by atoms with Gasteiger partial charge in [0.15, 0.2) is 0 Å². The molecule has 5 heteroatoms. The number of fused-ring (bicyclic) bond motifs is 1. The normalized spacial score (nSPS) is 11.7. The van der Waals surface area contributed by atoms with Crippen molar-refractivity contribution in [2.45, 2.75) is 66.2 Å². The average molecular weight is 1080 g/mol. The standard InChI is InChI=1S/C64H56N3O.Pt/c1-41-34-42(2)61(68)56(35-41)62-66-60-55(20-15-21-58(60)67(62)59-40-53(64(6,7)8)30-31-54(59)47-26-28-52(29-27-47)63(3,4)5)50-36-49(44-18-13-10-14-19-44)37-51(38-50)57-39-48(32-33-65-57)46-24-22-45(23-25-46)43-16-11-9-12-17-43;/h9-37,39-40,68H,1-8H3;/q-1;. The van der Waals surface area contributed by atoms with Crippen LogP contribution in [-0.2, 0) is 31.9 Å². The first kappa shape index (κ1) is 47.0. The molecule has 0 radical (unpaired) electrons. The van der Waals surface area contributed by atoms with Crippen LogP contribution in [0.15, 0.2) is 188 Å². The molecule has 10 rings (SSSR count). The molecule has 0 fully saturated rings. The maximum absolute atomic E-state index is 12.0. The van der Waals surface area contributed by atoms with Gasteiger partial charge in [-0.15, -0.1) is 23.8 Å². The zero-order chi connectivity index (χ0) is 47.3. The number of aromatic hydroxyl groups is 1. The van der Waals surface area contributed by atoms with Crippen LogP contribution >= 0.6 is 0 Å². The first-order valence-electron chi connectivity index (χ1n) is 23.5. The second-order valence-corrected chi connectivity index (χ2v) is 20.2. The maximum atomic E-state index is 12.0. The SMILES string of the molecule is Cc1cc(C)c(O)c(-c2nc3c(-c4[c-]c(-c5cc(-c6ccc(-c7ccccc7)cc6)ccn5)cc(-c5ccccc5)c4)cccc3n2-c2cc(C(C)(C)C)ccc2-c2ccc(C(C)(C)C)cc2)c1.[Pt]. The van der Waals surface area contributed by atoms with E-state index < -0.39 is 0 Å². The summed E-state index contributed by atoms with van der Waals surface area (Å²) < 4.78 is 2.27. The second-order valence-electron chi connectivity index (χ2n) is 20.2. The molecule has 10 aromatic rings. The van der Waals surface area contributed by atoms with E-state index in [4.69, 9.17) is 9.97 Å². The number of hydrogen-bond acceptors (Lipinski definition) is 3. The molecule has 0 saturated heterocycles. The Bertz CT molecular complexity index is 3470. The van der Waals surface area contributed by atoms with Gasteiger partial charge in [-0.2, -0.15) is 0 Å². The minimum atomic E-state index is -0.132. The molecule has 0 unspecified atom stereocenters. The number of phenols is 1. The van der Waals surface area contributed by atoms with E-state index in [1.165, 1.54) is 22.3 Å². The smallest absolute Gasteiger partial charge is 0.148 e. The van der Waals surface area contributed by atoms with Crippen molar-refractivity contribution in [3.8, 4) is 89.7 Å². The number of phenolic OH excluding ortho intramolecular Hbond substituents is 1. The third-order valence-electron chi connectivity index (χ3n) is 13.2. The molecule has 69 heavy (non-hydrogen) atoms. The van der Waals surface area contributed by atoms with Crippen molar-refractivity contribution in [2.24, 2.45) is 0 Å². The van der Waals surface area contributed by atoms with Gasteiger partial charge in [0, 0.05) is 38.5 Å². The maximum Gasteiger partial charge on any atom is 0.148 e. The number of nitrogens with zero attached hydrogens (tertiary/aromatic N) is 3. The minimum absolute atomic E-state index is 0. The van der Waals surface area contributed by atoms with Crippen molar-refractivity contribution < 1.29 is 26.2 Å². The summed E-state index contributed by atoms with van der Waals surface area (Å²) >= 11 is 0. The van der Waals surface area contributed by atoms with Crippen molar-refractivity contribution in [1.82, 2.24) is 14.5 Å². The summed E-state index contributed by atoms with van der Waals surface area (Å²) in [5.74, 6) is 0.889. The monoisotopic (exact) mass is 1080 g/mol. The van der Waals surface area contributed by atoms with Gasteiger partial charge in [-0.3, -0.25) is 9.55 Å². The zero-order valence-corrected chi connectivity index (χ0v) is 42.8. The number of rotatable bonds is 8. The van der Waals surface area contributed by atoms with Gasteiger partial charge < -0.3 is 5.11 Å². The summed E-state index contributed by atoms with van der Waals surface area (Å²) in [6, 6.07) is 68.5. The molecule has 0 amide bonds. The van der Waals surface area contributed by atoms with Crippen molar-refractivity contribution in [1.29, 1.82) is 0 Å². The quantitative estimate of drug-likeness (QED) is 0.154. The molecule has 0 bridgehead atoms. The van der Waals surface area contributed by atoms with Crippen LogP contribution in [0.2, 0.25) is 0 Å². The Morgan fingerprint density at radius 2 is 1.06 bits per heavy atom. The molecular weight excluding hydrogens is 1020 g/mol. The second kappa shape index (κ2) is 18.7. The van der Waals surface area contributed by atoms with Gasteiger partial charge >= 0.3 is 0 Å². The van der Waals surface area contributed by atoms with Crippen LogP contribution in [0.1, 0.15) is 63.8 Å². The summed E-state index contributed by atoms with van der Waals surface area (Å²) in [7, 11) is 0. The van der Waals surface area contributed by atoms with Gasteiger partial charge in [0.1, 0.15) is 11.6 Å². The third-order valence-corrected chi connectivity index (χ3v) is 13.2. The van der Waals surface area contributed by atoms with Crippen LogP contribution in [0.25, 0.3) is 95.0 Å². The number of benzene rings is 8. The van der Waals surface area contributed by atoms with Crippen molar-refractivity contribution >= 4 is 11.0 Å². The molecule has 4 nitrogen and oxygen atoms in total. The number of aryl methyl sites for hydroxylation is 2. The number of hydrogen-bond donors (Lipinski definition) is 1.